The Morgan fingerprint density at radius 3 is 1.39 bits per heavy atom. The number of carbonyl (C=O) groups is 1. The van der Waals surface area contributed by atoms with Gasteiger partial charge in [0.2, 0.25) is 0 Å². The maximum Gasteiger partial charge on any atom is 0.416 e. The zero-order valence-electron chi connectivity index (χ0n) is 14.4. The number of hydrogen-bond donors (Lipinski definition) is 1. The minimum Gasteiger partial charge on any atom is -0.478 e. The van der Waals surface area contributed by atoms with Crippen LogP contribution in [0.4, 0.5) is 26.3 Å². The molecular formula is C20H14F6O2. The molecule has 2 rings (SSSR count). The number of carboxylic acid groups (broad SMARTS) is 1. The summed E-state index contributed by atoms with van der Waals surface area (Å²) >= 11 is 0. The first kappa shape index (κ1) is 21.3. The second-order valence-electron chi connectivity index (χ2n) is 5.88. The molecule has 0 bridgehead atoms. The van der Waals surface area contributed by atoms with Crippen LogP contribution in [0.5, 0.6) is 0 Å². The molecule has 0 saturated carbocycles. The van der Waals surface area contributed by atoms with Crippen molar-refractivity contribution in [2.45, 2.75) is 19.3 Å². The summed E-state index contributed by atoms with van der Waals surface area (Å²) < 4.78 is 76.6. The van der Waals surface area contributed by atoms with Gasteiger partial charge in [0.15, 0.2) is 0 Å². The topological polar surface area (TPSA) is 37.3 Å². The molecule has 0 aliphatic heterocycles. The summed E-state index contributed by atoms with van der Waals surface area (Å²) in [5.41, 5.74) is -0.453. The summed E-state index contributed by atoms with van der Waals surface area (Å²) in [6.07, 6.45) is -7.00. The van der Waals surface area contributed by atoms with E-state index < -0.39 is 29.4 Å². The van der Waals surface area contributed by atoms with E-state index in [-0.39, 0.29) is 0 Å². The molecule has 2 nitrogen and oxygen atoms in total. The summed E-state index contributed by atoms with van der Waals surface area (Å²) in [4.78, 5) is 10.8. The van der Waals surface area contributed by atoms with Gasteiger partial charge in [0.05, 0.1) is 11.1 Å². The molecule has 8 heteroatoms. The fourth-order valence-corrected chi connectivity index (χ4v) is 2.55. The van der Waals surface area contributed by atoms with Gasteiger partial charge in [0.25, 0.3) is 0 Å². The molecule has 0 heterocycles. The highest BCUT2D eigenvalue weighted by atomic mass is 19.4. The van der Waals surface area contributed by atoms with Gasteiger partial charge in [-0.25, -0.2) is 4.79 Å². The fourth-order valence-electron chi connectivity index (χ4n) is 2.55. The van der Waals surface area contributed by atoms with E-state index in [2.05, 4.69) is 0 Å². The van der Waals surface area contributed by atoms with E-state index in [1.54, 1.807) is 0 Å². The van der Waals surface area contributed by atoms with E-state index >= 15 is 0 Å². The van der Waals surface area contributed by atoms with Gasteiger partial charge in [0, 0.05) is 6.08 Å². The quantitative estimate of drug-likeness (QED) is 0.378. The predicted molar refractivity (Wildman–Crippen MR) is 91.4 cm³/mol. The van der Waals surface area contributed by atoms with Crippen molar-refractivity contribution in [1.29, 1.82) is 0 Å². The summed E-state index contributed by atoms with van der Waals surface area (Å²) in [6, 6.07) is 8.17. The average molecular weight is 400 g/mol. The van der Waals surface area contributed by atoms with Gasteiger partial charge in [-0.2, -0.15) is 26.3 Å². The van der Waals surface area contributed by atoms with Crippen LogP contribution in [-0.4, -0.2) is 11.1 Å². The molecule has 0 aliphatic rings. The van der Waals surface area contributed by atoms with E-state index in [9.17, 15) is 31.1 Å². The maximum absolute atomic E-state index is 12.8. The van der Waals surface area contributed by atoms with Crippen molar-refractivity contribution in [3.05, 3.63) is 88.5 Å². The first-order valence-electron chi connectivity index (χ1n) is 7.87. The standard InChI is InChI=1S/C20H14F6O2/c1-12(2-11-17(27)28)18(13-3-7-15(8-4-13)19(21,22)23)14-5-9-16(10-6-14)20(24,25)26/h2-11H,1H3,(H,27,28). The third-order valence-corrected chi connectivity index (χ3v) is 3.87. The third kappa shape index (κ3) is 5.25. The molecule has 0 unspecified atom stereocenters. The van der Waals surface area contributed by atoms with E-state index in [1.807, 2.05) is 0 Å². The van der Waals surface area contributed by atoms with Gasteiger partial charge >= 0.3 is 18.3 Å². The van der Waals surface area contributed by atoms with Crippen LogP contribution in [-0.2, 0) is 17.1 Å². The van der Waals surface area contributed by atoms with Crippen LogP contribution in [0.2, 0.25) is 0 Å². The lowest BCUT2D eigenvalue weighted by atomic mass is 9.92. The second kappa shape index (κ2) is 7.92. The molecule has 0 amide bonds. The Bertz CT molecular complexity index is 842. The molecule has 0 radical (unpaired) electrons. The lowest BCUT2D eigenvalue weighted by Gasteiger charge is -2.14. The summed E-state index contributed by atoms with van der Waals surface area (Å²) in [7, 11) is 0. The number of halogens is 6. The number of carboxylic acids is 1. The molecule has 2 aromatic rings. The SMILES string of the molecule is CC(C=CC(=O)O)=C(c1ccc(C(F)(F)F)cc1)c1ccc(C(F)(F)F)cc1. The summed E-state index contributed by atoms with van der Waals surface area (Å²) in [6.45, 7) is 1.52. The minimum atomic E-state index is -4.53. The molecular weight excluding hydrogens is 386 g/mol. The molecule has 0 saturated heterocycles. The Balaban J connectivity index is 2.58. The van der Waals surface area contributed by atoms with E-state index in [1.165, 1.54) is 37.3 Å². The van der Waals surface area contributed by atoms with Crippen molar-refractivity contribution in [1.82, 2.24) is 0 Å². The third-order valence-electron chi connectivity index (χ3n) is 3.87. The Morgan fingerprint density at radius 2 is 1.11 bits per heavy atom. The van der Waals surface area contributed by atoms with Crippen LogP contribution in [0.25, 0.3) is 5.57 Å². The molecule has 0 aliphatic carbocycles. The number of hydrogen-bond acceptors (Lipinski definition) is 1. The summed E-state index contributed by atoms with van der Waals surface area (Å²) in [5, 5.41) is 8.78. The van der Waals surface area contributed by atoms with E-state index in [0.29, 0.717) is 22.3 Å². The first-order chi connectivity index (χ1) is 12.9. The van der Waals surface area contributed by atoms with Gasteiger partial charge in [0.1, 0.15) is 0 Å². The largest absolute Gasteiger partial charge is 0.478 e. The van der Waals surface area contributed by atoms with Crippen molar-refractivity contribution in [2.75, 3.05) is 0 Å². The van der Waals surface area contributed by atoms with Gasteiger partial charge in [-0.15, -0.1) is 0 Å². The molecule has 148 valence electrons. The highest BCUT2D eigenvalue weighted by molar-refractivity contribution is 5.86. The Hall–Kier alpha value is -3.03. The zero-order valence-corrected chi connectivity index (χ0v) is 14.4. The van der Waals surface area contributed by atoms with Crippen LogP contribution in [0.3, 0.4) is 0 Å². The van der Waals surface area contributed by atoms with Crippen LogP contribution < -0.4 is 0 Å². The van der Waals surface area contributed by atoms with Crippen molar-refractivity contribution in [3.63, 3.8) is 0 Å². The number of aliphatic carboxylic acids is 1. The lowest BCUT2D eigenvalue weighted by Crippen LogP contribution is -2.05. The van der Waals surface area contributed by atoms with Crippen molar-refractivity contribution in [2.24, 2.45) is 0 Å². The van der Waals surface area contributed by atoms with Crippen LogP contribution >= 0.6 is 0 Å². The number of rotatable bonds is 4. The Kier molecular flexibility index (Phi) is 6.01. The monoisotopic (exact) mass is 400 g/mol. The fraction of sp³-hybridized carbons (Fsp3) is 0.150. The molecule has 0 aromatic heterocycles. The van der Waals surface area contributed by atoms with Crippen LogP contribution in [0, 0.1) is 0 Å². The molecule has 28 heavy (non-hydrogen) atoms. The van der Waals surface area contributed by atoms with Crippen molar-refractivity contribution in [3.8, 4) is 0 Å². The van der Waals surface area contributed by atoms with Crippen LogP contribution in [0.15, 0.2) is 66.3 Å². The molecule has 0 spiro atoms. The summed E-state index contributed by atoms with van der Waals surface area (Å²) in [5.74, 6) is -1.24. The second-order valence-corrected chi connectivity index (χ2v) is 5.88. The van der Waals surface area contributed by atoms with Gasteiger partial charge in [-0.1, -0.05) is 30.3 Å². The number of alkyl halides is 6. The van der Waals surface area contributed by atoms with E-state index in [0.717, 1.165) is 30.3 Å². The van der Waals surface area contributed by atoms with Gasteiger partial charge in [-0.3, -0.25) is 0 Å². The smallest absolute Gasteiger partial charge is 0.416 e. The van der Waals surface area contributed by atoms with Crippen molar-refractivity contribution < 1.29 is 36.2 Å². The number of benzene rings is 2. The van der Waals surface area contributed by atoms with E-state index in [4.69, 9.17) is 5.11 Å². The highest BCUT2D eigenvalue weighted by Gasteiger charge is 2.31. The maximum atomic E-state index is 12.8. The average Bonchev–Trinajstić information content (AvgIpc) is 2.59. The molecule has 0 atom stereocenters. The first-order valence-corrected chi connectivity index (χ1v) is 7.87. The minimum absolute atomic E-state index is 0.306. The number of allylic oxidation sites excluding steroid dienone is 2. The lowest BCUT2D eigenvalue weighted by molar-refractivity contribution is -0.138. The van der Waals surface area contributed by atoms with Crippen molar-refractivity contribution >= 4 is 11.5 Å². The molecule has 2 aromatic carbocycles. The molecule has 1 N–H and O–H groups in total. The zero-order chi connectivity index (χ0) is 21.1. The molecule has 0 fully saturated rings. The van der Waals surface area contributed by atoms with Gasteiger partial charge in [-0.05, 0) is 53.5 Å². The predicted octanol–water partition coefficient (Wildman–Crippen LogP) is 6.19. The Morgan fingerprint density at radius 1 is 0.750 bits per heavy atom. The van der Waals surface area contributed by atoms with Gasteiger partial charge < -0.3 is 5.11 Å². The van der Waals surface area contributed by atoms with Crippen LogP contribution in [0.1, 0.15) is 29.2 Å². The highest BCUT2D eigenvalue weighted by Crippen LogP contribution is 2.34. The Labute approximate surface area is 156 Å². The normalized spacial score (nSPS) is 12.2.